The molecule has 1 atom stereocenters. The maximum absolute atomic E-state index is 13.4. The van der Waals surface area contributed by atoms with Crippen LogP contribution in [0.15, 0.2) is 12.1 Å². The topological polar surface area (TPSA) is 103 Å². The van der Waals surface area contributed by atoms with E-state index >= 15 is 0 Å². The van der Waals surface area contributed by atoms with Crippen LogP contribution in [0, 0.1) is 23.6 Å². The number of hydrogen-bond acceptors (Lipinski definition) is 5. The molecule has 1 fully saturated rings. The van der Waals surface area contributed by atoms with Crippen molar-refractivity contribution < 1.29 is 18.8 Å². The third-order valence-electron chi connectivity index (χ3n) is 4.27. The summed E-state index contributed by atoms with van der Waals surface area (Å²) in [5.41, 5.74) is -0.139. The summed E-state index contributed by atoms with van der Waals surface area (Å²) in [7, 11) is 0. The third kappa shape index (κ3) is 4.30. The molecule has 1 aromatic heterocycles. The standard InChI is InChI=1S/C18H23FN4O3/c1-10-11(19)5-7-14(21-10)23-12(6-8-16(23)25)17(26)22-15(24)9-13(20)18(2,3)4/h5,7,12,20H,6,8-9H2,1-4H3,(H,22,24,26). The largest absolute Gasteiger partial charge is 0.309 e. The van der Waals surface area contributed by atoms with Crippen LogP contribution in [0.3, 0.4) is 0 Å². The molecular weight excluding hydrogens is 339 g/mol. The van der Waals surface area contributed by atoms with Crippen LogP contribution >= 0.6 is 0 Å². The first-order chi connectivity index (χ1) is 12.0. The van der Waals surface area contributed by atoms with Gasteiger partial charge in [-0.15, -0.1) is 0 Å². The molecular formula is C18H23FN4O3. The van der Waals surface area contributed by atoms with Crippen LogP contribution in [0.5, 0.6) is 0 Å². The van der Waals surface area contributed by atoms with Crippen LogP contribution in [0.4, 0.5) is 10.2 Å². The van der Waals surface area contributed by atoms with Crippen molar-refractivity contribution in [2.75, 3.05) is 4.90 Å². The van der Waals surface area contributed by atoms with Crippen LogP contribution in [0.25, 0.3) is 0 Å². The minimum Gasteiger partial charge on any atom is -0.309 e. The van der Waals surface area contributed by atoms with E-state index in [1.54, 1.807) is 0 Å². The molecule has 0 aromatic carbocycles. The molecule has 1 aromatic rings. The number of aromatic nitrogens is 1. The van der Waals surface area contributed by atoms with Gasteiger partial charge < -0.3 is 5.41 Å². The summed E-state index contributed by atoms with van der Waals surface area (Å²) in [6, 6.07) is 1.64. The summed E-state index contributed by atoms with van der Waals surface area (Å²) in [6.45, 7) is 6.90. The molecule has 2 N–H and O–H groups in total. The molecule has 1 saturated heterocycles. The fraction of sp³-hybridized carbons (Fsp3) is 0.500. The highest BCUT2D eigenvalue weighted by atomic mass is 19.1. The highest BCUT2D eigenvalue weighted by Crippen LogP contribution is 2.26. The van der Waals surface area contributed by atoms with E-state index in [-0.39, 0.29) is 42.4 Å². The molecule has 3 amide bonds. The lowest BCUT2D eigenvalue weighted by Crippen LogP contribution is -2.47. The number of nitrogens with one attached hydrogen (secondary N) is 2. The van der Waals surface area contributed by atoms with Gasteiger partial charge in [0.2, 0.25) is 17.7 Å². The number of hydrogen-bond donors (Lipinski definition) is 2. The number of nitrogens with zero attached hydrogens (tertiary/aromatic N) is 2. The van der Waals surface area contributed by atoms with Crippen LogP contribution in [-0.2, 0) is 14.4 Å². The average molecular weight is 362 g/mol. The predicted molar refractivity (Wildman–Crippen MR) is 94.4 cm³/mol. The maximum atomic E-state index is 13.4. The van der Waals surface area contributed by atoms with Crippen molar-refractivity contribution in [3.8, 4) is 0 Å². The Bertz CT molecular complexity index is 770. The van der Waals surface area contributed by atoms with Gasteiger partial charge in [0, 0.05) is 17.5 Å². The number of carbonyl (C=O) groups excluding carboxylic acids is 3. The highest BCUT2D eigenvalue weighted by Gasteiger charge is 2.38. The zero-order chi connectivity index (χ0) is 19.6. The molecule has 2 heterocycles. The zero-order valence-electron chi connectivity index (χ0n) is 15.4. The molecule has 0 spiro atoms. The van der Waals surface area contributed by atoms with Gasteiger partial charge in [-0.1, -0.05) is 20.8 Å². The molecule has 2 rings (SSSR count). The molecule has 140 valence electrons. The molecule has 7 nitrogen and oxygen atoms in total. The lowest BCUT2D eigenvalue weighted by atomic mass is 9.88. The molecule has 0 radical (unpaired) electrons. The van der Waals surface area contributed by atoms with Crippen LogP contribution in [-0.4, -0.2) is 34.5 Å². The van der Waals surface area contributed by atoms with Crippen LogP contribution in [0.2, 0.25) is 0 Å². The second-order valence-corrected chi connectivity index (χ2v) is 7.37. The minimum absolute atomic E-state index is 0.121. The van der Waals surface area contributed by atoms with Crippen molar-refractivity contribution in [1.82, 2.24) is 10.3 Å². The lowest BCUT2D eigenvalue weighted by Gasteiger charge is -2.24. The Hall–Kier alpha value is -2.64. The van der Waals surface area contributed by atoms with Gasteiger partial charge in [-0.05, 0) is 25.5 Å². The van der Waals surface area contributed by atoms with E-state index in [0.29, 0.717) is 0 Å². The monoisotopic (exact) mass is 362 g/mol. The third-order valence-corrected chi connectivity index (χ3v) is 4.27. The van der Waals surface area contributed by atoms with E-state index < -0.39 is 29.1 Å². The van der Waals surface area contributed by atoms with Gasteiger partial charge in [0.25, 0.3) is 0 Å². The molecule has 0 bridgehead atoms. The van der Waals surface area contributed by atoms with E-state index in [4.69, 9.17) is 5.41 Å². The van der Waals surface area contributed by atoms with Gasteiger partial charge in [-0.3, -0.25) is 24.6 Å². The quantitative estimate of drug-likeness (QED) is 0.801. The summed E-state index contributed by atoms with van der Waals surface area (Å²) in [5.74, 6) is -1.83. The number of imide groups is 1. The zero-order valence-corrected chi connectivity index (χ0v) is 15.4. The average Bonchev–Trinajstić information content (AvgIpc) is 2.90. The maximum Gasteiger partial charge on any atom is 0.249 e. The summed E-state index contributed by atoms with van der Waals surface area (Å²) < 4.78 is 13.4. The fourth-order valence-electron chi connectivity index (χ4n) is 2.57. The van der Waals surface area contributed by atoms with Gasteiger partial charge in [0.1, 0.15) is 17.7 Å². The first-order valence-corrected chi connectivity index (χ1v) is 8.37. The number of anilines is 1. The highest BCUT2D eigenvalue weighted by molar-refractivity contribution is 6.11. The SMILES string of the molecule is Cc1nc(N2C(=O)CCC2C(=O)NC(=O)CC(=N)C(C)(C)C)ccc1F. The summed E-state index contributed by atoms with van der Waals surface area (Å²) in [5, 5.41) is 10.1. The normalized spacial score (nSPS) is 17.3. The van der Waals surface area contributed by atoms with E-state index in [1.165, 1.54) is 24.0 Å². The predicted octanol–water partition coefficient (Wildman–Crippen LogP) is 2.12. The van der Waals surface area contributed by atoms with Crippen LogP contribution < -0.4 is 10.2 Å². The first kappa shape index (κ1) is 19.7. The smallest absolute Gasteiger partial charge is 0.249 e. The van der Waals surface area contributed by atoms with Gasteiger partial charge >= 0.3 is 0 Å². The Morgan fingerprint density at radius 1 is 1.38 bits per heavy atom. The molecule has 1 aliphatic heterocycles. The van der Waals surface area contributed by atoms with Crippen molar-refractivity contribution >= 4 is 29.3 Å². The Morgan fingerprint density at radius 2 is 2.04 bits per heavy atom. The Labute approximate surface area is 151 Å². The van der Waals surface area contributed by atoms with Gasteiger partial charge in [-0.2, -0.15) is 0 Å². The Balaban J connectivity index is 2.12. The fourth-order valence-corrected chi connectivity index (χ4v) is 2.57. The molecule has 8 heteroatoms. The van der Waals surface area contributed by atoms with Crippen molar-refractivity contribution in [3.63, 3.8) is 0 Å². The van der Waals surface area contributed by atoms with Gasteiger partial charge in [0.15, 0.2) is 0 Å². The number of pyridine rings is 1. The number of aryl methyl sites for hydroxylation is 1. The van der Waals surface area contributed by atoms with E-state index in [1.807, 2.05) is 20.8 Å². The number of amides is 3. The lowest BCUT2D eigenvalue weighted by molar-refractivity contribution is -0.131. The minimum atomic E-state index is -0.882. The van der Waals surface area contributed by atoms with E-state index in [9.17, 15) is 18.8 Å². The van der Waals surface area contributed by atoms with E-state index in [0.717, 1.165) is 0 Å². The van der Waals surface area contributed by atoms with E-state index in [2.05, 4.69) is 10.3 Å². The number of carbonyl (C=O) groups is 3. The van der Waals surface area contributed by atoms with Gasteiger partial charge in [-0.25, -0.2) is 9.37 Å². The molecule has 1 unspecified atom stereocenters. The van der Waals surface area contributed by atoms with Crippen molar-refractivity contribution in [3.05, 3.63) is 23.6 Å². The second kappa shape index (κ2) is 7.31. The molecule has 0 aliphatic carbocycles. The first-order valence-electron chi connectivity index (χ1n) is 8.37. The summed E-state index contributed by atoms with van der Waals surface area (Å²) >= 11 is 0. The summed E-state index contributed by atoms with van der Waals surface area (Å²) in [4.78, 5) is 41.9. The van der Waals surface area contributed by atoms with Crippen LogP contribution in [0.1, 0.15) is 45.7 Å². The van der Waals surface area contributed by atoms with Crippen molar-refractivity contribution in [2.24, 2.45) is 5.41 Å². The van der Waals surface area contributed by atoms with Crippen molar-refractivity contribution in [1.29, 1.82) is 5.41 Å². The van der Waals surface area contributed by atoms with Gasteiger partial charge in [0.05, 0.1) is 12.1 Å². The number of rotatable bonds is 4. The Kier molecular flexibility index (Phi) is 5.53. The molecule has 26 heavy (non-hydrogen) atoms. The second-order valence-electron chi connectivity index (χ2n) is 7.37. The molecule has 1 aliphatic rings. The Morgan fingerprint density at radius 3 is 2.62 bits per heavy atom. The number of halogens is 1. The summed E-state index contributed by atoms with van der Waals surface area (Å²) in [6.07, 6.45) is 0.193. The van der Waals surface area contributed by atoms with Crippen molar-refractivity contribution in [2.45, 2.75) is 53.0 Å². The molecule has 0 saturated carbocycles.